The Bertz CT molecular complexity index is 1740. The molecule has 19 nitrogen and oxygen atoms in total. The highest BCUT2D eigenvalue weighted by Gasteiger charge is 2.38. The van der Waals surface area contributed by atoms with Gasteiger partial charge in [-0.1, -0.05) is 0 Å². The Labute approximate surface area is 300 Å². The molecule has 0 aromatic carbocycles. The summed E-state index contributed by atoms with van der Waals surface area (Å²) in [7, 11) is 7.33. The van der Waals surface area contributed by atoms with E-state index >= 15 is 0 Å². The second-order valence-electron chi connectivity index (χ2n) is 13.6. The Balaban J connectivity index is 1.37. The molecular weight excluding hydrogens is 676 g/mol. The molecular formula is C33H46N12O7. The fraction of sp³-hybridized carbons (Fsp3) is 0.545. The minimum Gasteiger partial charge on any atom is -0.341 e. The van der Waals surface area contributed by atoms with Crippen molar-refractivity contribution in [2.75, 3.05) is 46.3 Å². The van der Waals surface area contributed by atoms with Gasteiger partial charge in [-0.2, -0.15) is 0 Å². The molecule has 2 fully saturated rings. The highest BCUT2D eigenvalue weighted by molar-refractivity contribution is 6.02. The molecule has 0 bridgehead atoms. The van der Waals surface area contributed by atoms with Gasteiger partial charge in [0, 0.05) is 105 Å². The third-order valence-electron chi connectivity index (χ3n) is 8.94. The van der Waals surface area contributed by atoms with E-state index in [0.717, 1.165) is 13.1 Å². The fourth-order valence-electron chi connectivity index (χ4n) is 6.07. The first kappa shape index (κ1) is 38.0. The zero-order valence-electron chi connectivity index (χ0n) is 29.9. The second kappa shape index (κ2) is 16.8. The standard InChI is InChI=1S/C33H46N12O7/c1-40-7-9-44(10-8-40)17-28(47)39-33(19-46,13-25-16-43(4)22-37-25)18-34-26(11-23-14-41(2)20-35-23)31(50)38-27(12-24-15-42(3)21-36-24)32(51)52-45-29(48)5-6-30(45)49/h14-16,19-22,26-27,34H,5-13,17-18H2,1-4H3,(H,38,50)(H,39,47)/t26-,27-,33+/m0/s1. The van der Waals surface area contributed by atoms with E-state index in [2.05, 4.69) is 35.8 Å². The van der Waals surface area contributed by atoms with Crippen LogP contribution in [0.25, 0.3) is 0 Å². The highest BCUT2D eigenvalue weighted by Crippen LogP contribution is 2.15. The molecule has 2 saturated heterocycles. The van der Waals surface area contributed by atoms with E-state index in [1.165, 1.54) is 6.33 Å². The lowest BCUT2D eigenvalue weighted by Gasteiger charge is -2.34. The molecule has 3 N–H and O–H groups in total. The van der Waals surface area contributed by atoms with Crippen molar-refractivity contribution in [1.82, 2.24) is 59.5 Å². The number of aryl methyl sites for hydroxylation is 3. The van der Waals surface area contributed by atoms with E-state index in [1.54, 1.807) is 66.1 Å². The Kier molecular flexibility index (Phi) is 12.3. The number of carbonyl (C=O) groups is 6. The Morgan fingerprint density at radius 3 is 1.88 bits per heavy atom. The van der Waals surface area contributed by atoms with Crippen molar-refractivity contribution in [3.63, 3.8) is 0 Å². The lowest BCUT2D eigenvalue weighted by atomic mass is 9.93. The molecule has 19 heteroatoms. The second-order valence-corrected chi connectivity index (χ2v) is 13.6. The third-order valence-corrected chi connectivity index (χ3v) is 8.94. The largest absolute Gasteiger partial charge is 0.355 e. The average molecular weight is 723 g/mol. The van der Waals surface area contributed by atoms with Gasteiger partial charge in [0.05, 0.1) is 48.7 Å². The lowest BCUT2D eigenvalue weighted by Crippen LogP contribution is -2.62. The number of nitrogens with zero attached hydrogens (tertiary/aromatic N) is 9. The van der Waals surface area contributed by atoms with E-state index in [0.29, 0.717) is 41.5 Å². The van der Waals surface area contributed by atoms with Crippen LogP contribution in [0.15, 0.2) is 37.6 Å². The number of nitrogens with one attached hydrogen (secondary N) is 3. The number of hydrogen-bond donors (Lipinski definition) is 3. The first-order valence-corrected chi connectivity index (χ1v) is 17.0. The zero-order chi connectivity index (χ0) is 37.4. The molecule has 5 rings (SSSR count). The van der Waals surface area contributed by atoms with Gasteiger partial charge < -0.3 is 44.2 Å². The molecule has 0 unspecified atom stereocenters. The van der Waals surface area contributed by atoms with Crippen molar-refractivity contribution in [1.29, 1.82) is 0 Å². The van der Waals surface area contributed by atoms with Crippen LogP contribution in [0.4, 0.5) is 0 Å². The van der Waals surface area contributed by atoms with Gasteiger partial charge in [-0.3, -0.25) is 24.1 Å². The highest BCUT2D eigenvalue weighted by atomic mass is 16.7. The van der Waals surface area contributed by atoms with Gasteiger partial charge >= 0.3 is 5.97 Å². The fourth-order valence-corrected chi connectivity index (χ4v) is 6.07. The maximum Gasteiger partial charge on any atom is 0.355 e. The van der Waals surface area contributed by atoms with Crippen LogP contribution >= 0.6 is 0 Å². The number of likely N-dealkylation sites (N-methyl/N-ethyl adjacent to an activating group) is 1. The Hall–Kier alpha value is -5.27. The van der Waals surface area contributed by atoms with Crippen LogP contribution in [-0.4, -0.2) is 143 Å². The number of imidazole rings is 3. The number of aldehydes is 1. The van der Waals surface area contributed by atoms with Crippen molar-refractivity contribution in [3.05, 3.63) is 54.7 Å². The summed E-state index contributed by atoms with van der Waals surface area (Å²) >= 11 is 0. The minimum atomic E-state index is -1.51. The predicted molar refractivity (Wildman–Crippen MR) is 183 cm³/mol. The van der Waals surface area contributed by atoms with E-state index in [9.17, 15) is 28.8 Å². The monoisotopic (exact) mass is 722 g/mol. The van der Waals surface area contributed by atoms with Crippen molar-refractivity contribution in [2.45, 2.75) is 49.7 Å². The van der Waals surface area contributed by atoms with E-state index in [4.69, 9.17) is 4.84 Å². The van der Waals surface area contributed by atoms with Crippen molar-refractivity contribution >= 4 is 35.9 Å². The number of amides is 4. The van der Waals surface area contributed by atoms with Gasteiger partial charge in [-0.05, 0) is 7.05 Å². The van der Waals surface area contributed by atoms with Crippen LogP contribution in [-0.2, 0) is 74.0 Å². The SMILES string of the molecule is CN1CCN(CC(=O)N[C@@](C=O)(CN[C@@H](Cc2cn(C)cn2)C(=O)N[C@@H](Cc2cn(C)cn2)C(=O)ON2C(=O)CCC2=O)Cc2cn(C)cn2)CC1. The Morgan fingerprint density at radius 1 is 0.827 bits per heavy atom. The molecule has 0 radical (unpaired) electrons. The summed E-state index contributed by atoms with van der Waals surface area (Å²) in [5.41, 5.74) is 0.0131. The third kappa shape index (κ3) is 10.2. The summed E-state index contributed by atoms with van der Waals surface area (Å²) in [5, 5.41) is 9.20. The number of rotatable bonds is 17. The molecule has 3 atom stereocenters. The van der Waals surface area contributed by atoms with Crippen LogP contribution in [0, 0.1) is 0 Å². The molecule has 280 valence electrons. The van der Waals surface area contributed by atoms with Crippen LogP contribution < -0.4 is 16.0 Å². The topological polar surface area (TPSA) is 211 Å². The molecule has 2 aliphatic rings. The molecule has 3 aromatic rings. The van der Waals surface area contributed by atoms with E-state index < -0.39 is 41.3 Å². The lowest BCUT2D eigenvalue weighted by molar-refractivity contribution is -0.199. The van der Waals surface area contributed by atoms with E-state index in [-0.39, 0.29) is 51.1 Å². The van der Waals surface area contributed by atoms with Gasteiger partial charge in [-0.15, -0.1) is 5.06 Å². The summed E-state index contributed by atoms with van der Waals surface area (Å²) < 4.78 is 5.11. The van der Waals surface area contributed by atoms with Gasteiger partial charge in [0.15, 0.2) is 0 Å². The van der Waals surface area contributed by atoms with E-state index in [1.807, 2.05) is 11.9 Å². The minimum absolute atomic E-state index is 0.0310. The molecule has 5 heterocycles. The van der Waals surface area contributed by atoms with Gasteiger partial charge in [0.25, 0.3) is 11.8 Å². The molecule has 0 saturated carbocycles. The molecule has 0 aliphatic carbocycles. The number of carbonyl (C=O) groups excluding carboxylic acids is 6. The molecule has 4 amide bonds. The number of piperazine rings is 1. The Morgan fingerprint density at radius 2 is 1.37 bits per heavy atom. The summed E-state index contributed by atoms with van der Waals surface area (Å²) in [4.78, 5) is 101. The quantitative estimate of drug-likeness (QED) is 0.0956. The van der Waals surface area contributed by atoms with Crippen molar-refractivity contribution in [2.24, 2.45) is 21.1 Å². The number of hydrogen-bond acceptors (Lipinski definition) is 13. The van der Waals surface area contributed by atoms with Gasteiger partial charge in [0.2, 0.25) is 11.8 Å². The molecule has 0 spiro atoms. The summed E-state index contributed by atoms with van der Waals surface area (Å²) in [6, 6.07) is -2.44. The van der Waals surface area contributed by atoms with Gasteiger partial charge in [0.1, 0.15) is 17.9 Å². The maximum absolute atomic E-state index is 14.1. The summed E-state index contributed by atoms with van der Waals surface area (Å²) in [5.74, 6) is -3.38. The number of imide groups is 1. The van der Waals surface area contributed by atoms with Crippen LogP contribution in [0.1, 0.15) is 29.9 Å². The molecule has 2 aliphatic heterocycles. The zero-order valence-corrected chi connectivity index (χ0v) is 29.9. The van der Waals surface area contributed by atoms with Crippen molar-refractivity contribution < 1.29 is 33.6 Å². The summed E-state index contributed by atoms with van der Waals surface area (Å²) in [6.45, 7) is 2.92. The smallest absolute Gasteiger partial charge is 0.341 e. The number of aromatic nitrogens is 6. The first-order valence-electron chi connectivity index (χ1n) is 17.0. The summed E-state index contributed by atoms with van der Waals surface area (Å²) in [6.07, 6.45) is 10.2. The average Bonchev–Trinajstić information content (AvgIpc) is 3.90. The van der Waals surface area contributed by atoms with Crippen LogP contribution in [0.2, 0.25) is 0 Å². The normalized spacial score (nSPS) is 17.8. The van der Waals surface area contributed by atoms with Crippen LogP contribution in [0.3, 0.4) is 0 Å². The maximum atomic E-state index is 14.1. The molecule has 3 aromatic heterocycles. The van der Waals surface area contributed by atoms with Crippen molar-refractivity contribution in [3.8, 4) is 0 Å². The predicted octanol–water partition coefficient (Wildman–Crippen LogP) is -2.73. The molecule has 52 heavy (non-hydrogen) atoms. The van der Waals surface area contributed by atoms with Crippen LogP contribution in [0.5, 0.6) is 0 Å². The first-order chi connectivity index (χ1) is 24.8. The van der Waals surface area contributed by atoms with Gasteiger partial charge in [-0.25, -0.2) is 19.7 Å². The number of hydroxylamine groups is 2.